The summed E-state index contributed by atoms with van der Waals surface area (Å²) in [4.78, 5) is 8.65. The Morgan fingerprint density at radius 2 is 2.15 bits per heavy atom. The molecule has 0 fully saturated rings. The molecule has 2 aromatic rings. The summed E-state index contributed by atoms with van der Waals surface area (Å²) in [5.74, 6) is 1.75. The molecular formula is C13H13BrClN3OS. The van der Waals surface area contributed by atoms with E-state index in [1.165, 1.54) is 11.8 Å². The minimum absolute atomic E-state index is 0.463. The van der Waals surface area contributed by atoms with Crippen LogP contribution in [0.1, 0.15) is 6.92 Å². The van der Waals surface area contributed by atoms with E-state index in [2.05, 4.69) is 31.2 Å². The van der Waals surface area contributed by atoms with Gasteiger partial charge in [-0.25, -0.2) is 4.98 Å². The SMILES string of the molecule is CCNc1cc(Oc2ccc(Br)cc2Cl)nc(SC)n1. The zero-order chi connectivity index (χ0) is 14.5. The van der Waals surface area contributed by atoms with E-state index in [9.17, 15) is 0 Å². The van der Waals surface area contributed by atoms with Gasteiger partial charge in [0.25, 0.3) is 0 Å². The molecule has 1 N–H and O–H groups in total. The molecule has 0 saturated carbocycles. The van der Waals surface area contributed by atoms with Crippen molar-refractivity contribution in [2.75, 3.05) is 18.1 Å². The van der Waals surface area contributed by atoms with Crippen molar-refractivity contribution in [2.24, 2.45) is 0 Å². The van der Waals surface area contributed by atoms with Gasteiger partial charge < -0.3 is 10.1 Å². The van der Waals surface area contributed by atoms with Crippen LogP contribution in [0.3, 0.4) is 0 Å². The van der Waals surface area contributed by atoms with Gasteiger partial charge >= 0.3 is 0 Å². The van der Waals surface area contributed by atoms with Gasteiger partial charge in [-0.2, -0.15) is 4.98 Å². The first-order valence-corrected chi connectivity index (χ1v) is 8.31. The lowest BCUT2D eigenvalue weighted by Gasteiger charge is -2.10. The van der Waals surface area contributed by atoms with E-state index in [1.807, 2.05) is 19.2 Å². The van der Waals surface area contributed by atoms with Crippen molar-refractivity contribution in [3.63, 3.8) is 0 Å². The quantitative estimate of drug-likeness (QED) is 0.599. The number of rotatable bonds is 5. The van der Waals surface area contributed by atoms with Gasteiger partial charge in [-0.1, -0.05) is 39.3 Å². The molecule has 1 heterocycles. The van der Waals surface area contributed by atoms with Gasteiger partial charge in [0, 0.05) is 17.1 Å². The molecule has 1 aromatic carbocycles. The highest BCUT2D eigenvalue weighted by atomic mass is 79.9. The number of nitrogens with zero attached hydrogens (tertiary/aromatic N) is 2. The predicted molar refractivity (Wildman–Crippen MR) is 87.2 cm³/mol. The maximum atomic E-state index is 6.13. The van der Waals surface area contributed by atoms with E-state index in [0.717, 1.165) is 16.8 Å². The molecule has 0 aliphatic heterocycles. The normalized spacial score (nSPS) is 10.4. The van der Waals surface area contributed by atoms with Gasteiger partial charge in [-0.3, -0.25) is 0 Å². The number of ether oxygens (including phenoxy) is 1. The standard InChI is InChI=1S/C13H13BrClN3OS/c1-3-16-11-7-12(18-13(17-11)20-2)19-10-5-4-8(14)6-9(10)15/h4-7H,3H2,1-2H3,(H,16,17,18). The van der Waals surface area contributed by atoms with Crippen molar-refractivity contribution < 1.29 is 4.74 Å². The fraction of sp³-hybridized carbons (Fsp3) is 0.231. The summed E-state index contributed by atoms with van der Waals surface area (Å²) in [5, 5.41) is 4.31. The smallest absolute Gasteiger partial charge is 0.225 e. The summed E-state index contributed by atoms with van der Waals surface area (Å²) in [6.45, 7) is 2.79. The van der Waals surface area contributed by atoms with E-state index in [1.54, 1.807) is 18.2 Å². The average Bonchev–Trinajstić information content (AvgIpc) is 2.42. The predicted octanol–water partition coefficient (Wildman–Crippen LogP) is 4.84. The molecule has 0 amide bonds. The van der Waals surface area contributed by atoms with Gasteiger partial charge in [-0.05, 0) is 31.4 Å². The van der Waals surface area contributed by atoms with Crippen molar-refractivity contribution in [1.82, 2.24) is 9.97 Å². The third kappa shape index (κ3) is 4.01. The number of nitrogens with one attached hydrogen (secondary N) is 1. The van der Waals surface area contributed by atoms with Crippen molar-refractivity contribution in [2.45, 2.75) is 12.1 Å². The number of hydrogen-bond donors (Lipinski definition) is 1. The highest BCUT2D eigenvalue weighted by Gasteiger charge is 2.08. The Hall–Kier alpha value is -0.980. The second kappa shape index (κ2) is 7.15. The first kappa shape index (κ1) is 15.4. The molecule has 0 unspecified atom stereocenters. The highest BCUT2D eigenvalue weighted by molar-refractivity contribution is 9.10. The average molecular weight is 375 g/mol. The molecule has 4 nitrogen and oxygen atoms in total. The summed E-state index contributed by atoms with van der Waals surface area (Å²) in [5.41, 5.74) is 0. The molecule has 2 rings (SSSR count). The van der Waals surface area contributed by atoms with Crippen LogP contribution in [-0.4, -0.2) is 22.8 Å². The summed E-state index contributed by atoms with van der Waals surface area (Å²) in [7, 11) is 0. The Morgan fingerprint density at radius 3 is 2.80 bits per heavy atom. The van der Waals surface area contributed by atoms with E-state index in [0.29, 0.717) is 21.8 Å². The lowest BCUT2D eigenvalue weighted by molar-refractivity contribution is 0.456. The van der Waals surface area contributed by atoms with E-state index in [4.69, 9.17) is 16.3 Å². The molecule has 7 heteroatoms. The summed E-state index contributed by atoms with van der Waals surface area (Å²) in [6.07, 6.45) is 1.92. The van der Waals surface area contributed by atoms with Crippen LogP contribution in [0.15, 0.2) is 33.9 Å². The number of anilines is 1. The van der Waals surface area contributed by atoms with Gasteiger partial charge in [0.2, 0.25) is 5.88 Å². The summed E-state index contributed by atoms with van der Waals surface area (Å²) >= 11 is 10.9. The van der Waals surface area contributed by atoms with E-state index >= 15 is 0 Å². The number of aromatic nitrogens is 2. The molecule has 0 aliphatic rings. The maximum absolute atomic E-state index is 6.13. The van der Waals surface area contributed by atoms with Crippen LogP contribution >= 0.6 is 39.3 Å². The lowest BCUT2D eigenvalue weighted by atomic mass is 10.3. The second-order valence-corrected chi connectivity index (χ2v) is 5.88. The molecule has 0 bridgehead atoms. The molecular weight excluding hydrogens is 362 g/mol. The van der Waals surface area contributed by atoms with Crippen molar-refractivity contribution in [3.05, 3.63) is 33.8 Å². The van der Waals surface area contributed by atoms with Gasteiger partial charge in [0.05, 0.1) is 5.02 Å². The minimum atomic E-state index is 0.463. The van der Waals surface area contributed by atoms with Crippen LogP contribution in [0.2, 0.25) is 5.02 Å². The molecule has 106 valence electrons. The Labute approximate surface area is 135 Å². The summed E-state index contributed by atoms with van der Waals surface area (Å²) in [6, 6.07) is 7.18. The Bertz CT molecular complexity index is 612. The van der Waals surface area contributed by atoms with Gasteiger partial charge in [0.1, 0.15) is 11.6 Å². The zero-order valence-corrected chi connectivity index (χ0v) is 14.1. The van der Waals surface area contributed by atoms with E-state index in [-0.39, 0.29) is 0 Å². The maximum Gasteiger partial charge on any atom is 0.225 e. The van der Waals surface area contributed by atoms with Crippen LogP contribution in [0.25, 0.3) is 0 Å². The third-order valence-electron chi connectivity index (χ3n) is 2.33. The number of halogens is 2. The summed E-state index contributed by atoms with van der Waals surface area (Å²) < 4.78 is 6.64. The molecule has 0 radical (unpaired) electrons. The Balaban J connectivity index is 2.29. The Kier molecular flexibility index (Phi) is 5.51. The van der Waals surface area contributed by atoms with E-state index < -0.39 is 0 Å². The fourth-order valence-corrected chi connectivity index (χ4v) is 2.57. The van der Waals surface area contributed by atoms with Crippen LogP contribution in [0.5, 0.6) is 11.6 Å². The fourth-order valence-electron chi connectivity index (χ4n) is 1.49. The Morgan fingerprint density at radius 1 is 1.35 bits per heavy atom. The first-order valence-electron chi connectivity index (χ1n) is 5.92. The largest absolute Gasteiger partial charge is 0.437 e. The molecule has 0 saturated heterocycles. The van der Waals surface area contributed by atoms with Crippen LogP contribution < -0.4 is 10.1 Å². The van der Waals surface area contributed by atoms with Crippen molar-refractivity contribution in [3.8, 4) is 11.6 Å². The van der Waals surface area contributed by atoms with Crippen molar-refractivity contribution in [1.29, 1.82) is 0 Å². The molecule has 0 spiro atoms. The molecule has 0 atom stereocenters. The van der Waals surface area contributed by atoms with Crippen LogP contribution in [0, 0.1) is 0 Å². The van der Waals surface area contributed by atoms with Crippen LogP contribution in [0.4, 0.5) is 5.82 Å². The van der Waals surface area contributed by atoms with Gasteiger partial charge in [-0.15, -0.1) is 0 Å². The lowest BCUT2D eigenvalue weighted by Crippen LogP contribution is -2.02. The van der Waals surface area contributed by atoms with Crippen molar-refractivity contribution >= 4 is 45.1 Å². The second-order valence-electron chi connectivity index (χ2n) is 3.79. The zero-order valence-electron chi connectivity index (χ0n) is 11.0. The third-order valence-corrected chi connectivity index (χ3v) is 3.67. The number of benzene rings is 1. The number of hydrogen-bond acceptors (Lipinski definition) is 5. The molecule has 1 aromatic heterocycles. The topological polar surface area (TPSA) is 47.0 Å². The highest BCUT2D eigenvalue weighted by Crippen LogP contribution is 2.32. The molecule has 20 heavy (non-hydrogen) atoms. The minimum Gasteiger partial charge on any atom is -0.437 e. The monoisotopic (exact) mass is 373 g/mol. The van der Waals surface area contributed by atoms with Crippen LogP contribution in [-0.2, 0) is 0 Å². The molecule has 0 aliphatic carbocycles. The number of thioether (sulfide) groups is 1. The first-order chi connectivity index (χ1) is 9.62. The van der Waals surface area contributed by atoms with Gasteiger partial charge in [0.15, 0.2) is 5.16 Å².